The molecule has 0 fully saturated rings. The highest BCUT2D eigenvalue weighted by atomic mass is 19.4. The van der Waals surface area contributed by atoms with Crippen LogP contribution in [0.5, 0.6) is 11.5 Å². The summed E-state index contributed by atoms with van der Waals surface area (Å²) in [6, 6.07) is -0.701. The number of nitrogens with one attached hydrogen (secondary N) is 1. The molecule has 0 aliphatic heterocycles. The van der Waals surface area contributed by atoms with Gasteiger partial charge in [-0.3, -0.25) is 20.2 Å². The van der Waals surface area contributed by atoms with Crippen LogP contribution in [0.15, 0.2) is 6.07 Å². The number of imide groups is 1. The second-order valence-electron chi connectivity index (χ2n) is 6.41. The summed E-state index contributed by atoms with van der Waals surface area (Å²) in [6.45, 7) is 4.27. The predicted molar refractivity (Wildman–Crippen MR) is 101 cm³/mol. The number of aromatic hydroxyl groups is 1. The number of rotatable bonds is 9. The van der Waals surface area contributed by atoms with Crippen LogP contribution < -0.4 is 10.1 Å². The van der Waals surface area contributed by atoms with Crippen molar-refractivity contribution in [3.63, 3.8) is 0 Å². The van der Waals surface area contributed by atoms with Gasteiger partial charge < -0.3 is 14.7 Å². The molecule has 0 aliphatic rings. The fraction of sp³-hybridized carbons (Fsp3) is 0.556. The lowest BCUT2D eigenvalue weighted by Crippen LogP contribution is -2.44. The third-order valence-electron chi connectivity index (χ3n) is 4.25. The number of phenolic OH excluding ortho intramolecular Hbond substituents is 1. The summed E-state index contributed by atoms with van der Waals surface area (Å²) in [5, 5.41) is 23.1. The molecule has 0 atom stereocenters. The number of methoxy groups -OCH3 is 1. The molecule has 0 saturated carbocycles. The van der Waals surface area contributed by atoms with Crippen molar-refractivity contribution >= 4 is 17.6 Å². The van der Waals surface area contributed by atoms with Crippen LogP contribution in [0.4, 0.5) is 23.7 Å². The van der Waals surface area contributed by atoms with Gasteiger partial charge in [0, 0.05) is 13.1 Å². The van der Waals surface area contributed by atoms with E-state index in [9.17, 15) is 38.0 Å². The number of amides is 3. The highest BCUT2D eigenvalue weighted by Crippen LogP contribution is 2.45. The molecule has 0 radical (unpaired) electrons. The van der Waals surface area contributed by atoms with Gasteiger partial charge in [-0.15, -0.1) is 0 Å². The van der Waals surface area contributed by atoms with Crippen molar-refractivity contribution in [3.8, 4) is 11.5 Å². The average Bonchev–Trinajstić information content (AvgIpc) is 2.66. The van der Waals surface area contributed by atoms with E-state index >= 15 is 0 Å². The number of nitro groups is 1. The smallest absolute Gasteiger partial charge is 0.417 e. The first-order chi connectivity index (χ1) is 14.0. The van der Waals surface area contributed by atoms with Crippen LogP contribution in [0.2, 0.25) is 0 Å². The Morgan fingerprint density at radius 2 is 1.77 bits per heavy atom. The minimum absolute atomic E-state index is 0.262. The van der Waals surface area contributed by atoms with E-state index in [1.807, 2.05) is 13.8 Å². The first kappa shape index (κ1) is 25.0. The number of nitro benzene ring substituents is 1. The van der Waals surface area contributed by atoms with Gasteiger partial charge in [0.05, 0.1) is 17.6 Å². The van der Waals surface area contributed by atoms with E-state index in [1.54, 1.807) is 5.32 Å². The van der Waals surface area contributed by atoms with Gasteiger partial charge in [0.1, 0.15) is 5.56 Å². The third kappa shape index (κ3) is 5.97. The van der Waals surface area contributed by atoms with E-state index in [0.29, 0.717) is 12.8 Å². The van der Waals surface area contributed by atoms with E-state index in [4.69, 9.17) is 0 Å². The molecule has 9 nitrogen and oxygen atoms in total. The molecular formula is C18H24F3N3O6. The van der Waals surface area contributed by atoms with Crippen LogP contribution >= 0.6 is 0 Å². The van der Waals surface area contributed by atoms with Crippen molar-refractivity contribution in [1.29, 1.82) is 0 Å². The van der Waals surface area contributed by atoms with Gasteiger partial charge in [-0.1, -0.05) is 26.7 Å². The zero-order chi connectivity index (χ0) is 23.1. The lowest BCUT2D eigenvalue weighted by Gasteiger charge is -2.23. The first-order valence-corrected chi connectivity index (χ1v) is 9.25. The van der Waals surface area contributed by atoms with E-state index in [0.717, 1.165) is 20.0 Å². The summed E-state index contributed by atoms with van der Waals surface area (Å²) in [5.74, 6) is -3.72. The maximum absolute atomic E-state index is 13.5. The number of ether oxygens (including phenoxy) is 1. The van der Waals surface area contributed by atoms with Crippen molar-refractivity contribution in [2.45, 2.75) is 45.7 Å². The Labute approximate surface area is 171 Å². The minimum Gasteiger partial charge on any atom is -0.499 e. The lowest BCUT2D eigenvalue weighted by atomic mass is 10.0. The molecule has 12 heteroatoms. The number of hydrogen-bond donors (Lipinski definition) is 2. The molecule has 0 saturated heterocycles. The zero-order valence-corrected chi connectivity index (χ0v) is 16.8. The molecule has 0 aliphatic carbocycles. The Balaban J connectivity index is 3.43. The van der Waals surface area contributed by atoms with E-state index in [2.05, 4.69) is 4.74 Å². The molecule has 2 N–H and O–H groups in total. The first-order valence-electron chi connectivity index (χ1n) is 9.25. The Morgan fingerprint density at radius 3 is 2.17 bits per heavy atom. The number of carbonyl (C=O) groups is 2. The number of alkyl halides is 3. The maximum atomic E-state index is 13.5. The number of nitrogens with zero attached hydrogens (tertiary/aromatic N) is 2. The monoisotopic (exact) mass is 435 g/mol. The molecule has 0 spiro atoms. The standard InChI is InChI=1S/C18H24F3N3O6/c1-4-6-8-23(9-7-5-2)17(27)22-16(26)13-11(18(19,20)21)10-12(30-3)15(25)14(13)24(28)29/h10,25H,4-9H2,1-3H3,(H,22,26,27). The van der Waals surface area contributed by atoms with Crippen LogP contribution in [-0.2, 0) is 6.18 Å². The molecule has 1 aromatic carbocycles. The summed E-state index contributed by atoms with van der Waals surface area (Å²) in [5.41, 5.74) is -4.67. The molecule has 30 heavy (non-hydrogen) atoms. The normalized spacial score (nSPS) is 11.1. The second kappa shape index (κ2) is 10.6. The van der Waals surface area contributed by atoms with Gasteiger partial charge >= 0.3 is 17.9 Å². The summed E-state index contributed by atoms with van der Waals surface area (Å²) < 4.78 is 45.0. The highest BCUT2D eigenvalue weighted by molar-refractivity contribution is 6.08. The van der Waals surface area contributed by atoms with Crippen molar-refractivity contribution < 1.29 is 37.5 Å². The van der Waals surface area contributed by atoms with Crippen molar-refractivity contribution in [2.24, 2.45) is 0 Å². The number of halogens is 3. The van der Waals surface area contributed by atoms with E-state index < -0.39 is 51.4 Å². The third-order valence-corrected chi connectivity index (χ3v) is 4.25. The number of unbranched alkanes of at least 4 members (excludes halogenated alkanes) is 2. The maximum Gasteiger partial charge on any atom is 0.417 e. The summed E-state index contributed by atoms with van der Waals surface area (Å²) >= 11 is 0. The Bertz CT molecular complexity index is 790. The van der Waals surface area contributed by atoms with Crippen molar-refractivity contribution in [3.05, 3.63) is 27.3 Å². The van der Waals surface area contributed by atoms with Crippen LogP contribution in [0.1, 0.15) is 55.5 Å². The number of phenols is 1. The van der Waals surface area contributed by atoms with Gasteiger partial charge in [-0.2, -0.15) is 13.2 Å². The number of hydrogen-bond acceptors (Lipinski definition) is 6. The zero-order valence-electron chi connectivity index (χ0n) is 16.8. The van der Waals surface area contributed by atoms with Gasteiger partial charge in [-0.25, -0.2) is 4.79 Å². The molecule has 0 aromatic heterocycles. The lowest BCUT2D eigenvalue weighted by molar-refractivity contribution is -0.386. The SMILES string of the molecule is CCCCN(CCCC)C(=O)NC(=O)c1c(C(F)(F)F)cc(OC)c(O)c1[N+](=O)[O-]. The molecule has 0 bridgehead atoms. The van der Waals surface area contributed by atoms with Gasteiger partial charge in [0.25, 0.3) is 5.91 Å². The molecule has 168 valence electrons. The molecule has 1 rings (SSSR count). The van der Waals surface area contributed by atoms with E-state index in [-0.39, 0.29) is 19.2 Å². The van der Waals surface area contributed by atoms with Gasteiger partial charge in [0.2, 0.25) is 5.75 Å². The number of carbonyl (C=O) groups excluding carboxylic acids is 2. The Kier molecular flexibility index (Phi) is 8.87. The van der Waals surface area contributed by atoms with Crippen molar-refractivity contribution in [1.82, 2.24) is 10.2 Å². The number of benzene rings is 1. The predicted octanol–water partition coefficient (Wildman–Crippen LogP) is 4.08. The summed E-state index contributed by atoms with van der Waals surface area (Å²) in [6.07, 6.45) is -2.52. The fourth-order valence-corrected chi connectivity index (χ4v) is 2.67. The minimum atomic E-state index is -5.19. The Morgan fingerprint density at radius 1 is 1.23 bits per heavy atom. The molecule has 3 amide bonds. The topological polar surface area (TPSA) is 122 Å². The van der Waals surface area contributed by atoms with Crippen LogP contribution in [-0.4, -0.2) is 47.1 Å². The molecule has 1 aromatic rings. The van der Waals surface area contributed by atoms with Crippen LogP contribution in [0.3, 0.4) is 0 Å². The average molecular weight is 435 g/mol. The Hall–Kier alpha value is -3.05. The summed E-state index contributed by atoms with van der Waals surface area (Å²) in [4.78, 5) is 36.2. The van der Waals surface area contributed by atoms with Gasteiger partial charge in [-0.05, 0) is 18.9 Å². The second-order valence-corrected chi connectivity index (χ2v) is 6.41. The fourth-order valence-electron chi connectivity index (χ4n) is 2.67. The molecular weight excluding hydrogens is 411 g/mol. The summed E-state index contributed by atoms with van der Waals surface area (Å²) in [7, 11) is 0.904. The van der Waals surface area contributed by atoms with Crippen LogP contribution in [0, 0.1) is 10.1 Å². The quantitative estimate of drug-likeness (QED) is 0.445. The molecule has 0 heterocycles. The van der Waals surface area contributed by atoms with E-state index in [1.165, 1.54) is 4.90 Å². The largest absolute Gasteiger partial charge is 0.499 e. The highest BCUT2D eigenvalue weighted by Gasteiger charge is 2.43. The van der Waals surface area contributed by atoms with Crippen molar-refractivity contribution in [2.75, 3.05) is 20.2 Å². The van der Waals surface area contributed by atoms with Gasteiger partial charge in [0.15, 0.2) is 5.75 Å². The number of urea groups is 1. The van der Waals surface area contributed by atoms with Crippen LogP contribution in [0.25, 0.3) is 0 Å². The molecule has 0 unspecified atom stereocenters.